The van der Waals surface area contributed by atoms with Crippen LogP contribution in [0.1, 0.15) is 26.7 Å². The molecule has 2 fully saturated rings. The van der Waals surface area contributed by atoms with Crippen molar-refractivity contribution in [2.75, 3.05) is 24.6 Å². The Hall–Kier alpha value is -0.620. The number of rotatable bonds is 2. The van der Waals surface area contributed by atoms with Crippen LogP contribution in [0.4, 0.5) is 0 Å². The summed E-state index contributed by atoms with van der Waals surface area (Å²) in [5.74, 6) is 0.579. The third-order valence-electron chi connectivity index (χ3n) is 3.70. The van der Waals surface area contributed by atoms with Gasteiger partial charge in [-0.1, -0.05) is 0 Å². The van der Waals surface area contributed by atoms with Crippen molar-refractivity contribution in [3.63, 3.8) is 0 Å². The molecule has 2 aliphatic heterocycles. The zero-order valence-corrected chi connectivity index (χ0v) is 11.9. The number of amides is 1. The van der Waals surface area contributed by atoms with E-state index in [4.69, 9.17) is 0 Å². The van der Waals surface area contributed by atoms with Gasteiger partial charge in [-0.05, 0) is 26.2 Å². The lowest BCUT2D eigenvalue weighted by Gasteiger charge is -2.36. The normalized spacial score (nSPS) is 35.7. The standard InChI is InChI=1S/C12H22N2O3S/c1-9-6-14(7-10(2)13-9)12(15)5-11-3-4-18(16,17)8-11/h9-11,13H,3-8H2,1-2H3. The van der Waals surface area contributed by atoms with Crippen molar-refractivity contribution in [2.24, 2.45) is 5.92 Å². The summed E-state index contributed by atoms with van der Waals surface area (Å²) in [6.45, 7) is 5.58. The van der Waals surface area contributed by atoms with Gasteiger partial charge in [0.2, 0.25) is 5.91 Å². The molecule has 2 saturated heterocycles. The van der Waals surface area contributed by atoms with E-state index in [2.05, 4.69) is 19.2 Å². The SMILES string of the molecule is CC1CN(C(=O)CC2CCS(=O)(=O)C2)CC(C)N1. The molecule has 0 saturated carbocycles. The fourth-order valence-corrected chi connectivity index (χ4v) is 4.80. The molecule has 6 heteroatoms. The van der Waals surface area contributed by atoms with E-state index in [-0.39, 0.29) is 23.3 Å². The number of carbonyl (C=O) groups is 1. The summed E-state index contributed by atoms with van der Waals surface area (Å²) >= 11 is 0. The van der Waals surface area contributed by atoms with Gasteiger partial charge in [-0.25, -0.2) is 8.42 Å². The van der Waals surface area contributed by atoms with E-state index in [1.54, 1.807) is 0 Å². The molecule has 2 heterocycles. The molecular formula is C12H22N2O3S. The van der Waals surface area contributed by atoms with Crippen molar-refractivity contribution in [1.82, 2.24) is 10.2 Å². The number of sulfone groups is 1. The van der Waals surface area contributed by atoms with Crippen LogP contribution in [0.3, 0.4) is 0 Å². The van der Waals surface area contributed by atoms with Gasteiger partial charge in [0.15, 0.2) is 9.84 Å². The van der Waals surface area contributed by atoms with Crippen molar-refractivity contribution >= 4 is 15.7 Å². The molecule has 18 heavy (non-hydrogen) atoms. The smallest absolute Gasteiger partial charge is 0.222 e. The number of nitrogens with one attached hydrogen (secondary N) is 1. The number of hydrogen-bond donors (Lipinski definition) is 1. The Balaban J connectivity index is 1.88. The van der Waals surface area contributed by atoms with Crippen LogP contribution < -0.4 is 5.32 Å². The van der Waals surface area contributed by atoms with Gasteiger partial charge in [-0.15, -0.1) is 0 Å². The fraction of sp³-hybridized carbons (Fsp3) is 0.917. The van der Waals surface area contributed by atoms with Crippen LogP contribution in [-0.4, -0.2) is 55.9 Å². The topological polar surface area (TPSA) is 66.5 Å². The summed E-state index contributed by atoms with van der Waals surface area (Å²) in [5.41, 5.74) is 0. The number of nitrogens with zero attached hydrogens (tertiary/aromatic N) is 1. The highest BCUT2D eigenvalue weighted by molar-refractivity contribution is 7.91. The minimum Gasteiger partial charge on any atom is -0.340 e. The number of hydrogen-bond acceptors (Lipinski definition) is 4. The molecule has 2 aliphatic rings. The Bertz CT molecular complexity index is 411. The average molecular weight is 274 g/mol. The molecule has 2 rings (SSSR count). The first-order valence-corrected chi connectivity index (χ1v) is 8.42. The van der Waals surface area contributed by atoms with Gasteiger partial charge in [0, 0.05) is 31.6 Å². The minimum absolute atomic E-state index is 0.0306. The van der Waals surface area contributed by atoms with Gasteiger partial charge < -0.3 is 10.2 Å². The van der Waals surface area contributed by atoms with Crippen LogP contribution in [0.2, 0.25) is 0 Å². The molecule has 104 valence electrons. The van der Waals surface area contributed by atoms with E-state index in [1.807, 2.05) is 4.90 Å². The Morgan fingerprint density at radius 2 is 1.89 bits per heavy atom. The van der Waals surface area contributed by atoms with E-state index in [9.17, 15) is 13.2 Å². The Morgan fingerprint density at radius 1 is 1.28 bits per heavy atom. The van der Waals surface area contributed by atoms with Gasteiger partial charge in [0.05, 0.1) is 11.5 Å². The summed E-state index contributed by atoms with van der Waals surface area (Å²) in [7, 11) is -2.88. The highest BCUT2D eigenvalue weighted by Crippen LogP contribution is 2.22. The van der Waals surface area contributed by atoms with E-state index < -0.39 is 9.84 Å². The summed E-state index contributed by atoms with van der Waals surface area (Å²) in [6.07, 6.45) is 1.03. The summed E-state index contributed by atoms with van der Waals surface area (Å²) in [5, 5.41) is 3.38. The van der Waals surface area contributed by atoms with Gasteiger partial charge in [-0.3, -0.25) is 4.79 Å². The van der Waals surface area contributed by atoms with E-state index in [1.165, 1.54) is 0 Å². The first kappa shape index (κ1) is 13.8. The van der Waals surface area contributed by atoms with Crippen molar-refractivity contribution in [2.45, 2.75) is 38.8 Å². The quantitative estimate of drug-likeness (QED) is 0.771. The molecule has 1 N–H and O–H groups in total. The third-order valence-corrected chi connectivity index (χ3v) is 5.54. The molecule has 3 atom stereocenters. The molecule has 0 radical (unpaired) electrons. The van der Waals surface area contributed by atoms with E-state index >= 15 is 0 Å². The highest BCUT2D eigenvalue weighted by Gasteiger charge is 2.32. The monoisotopic (exact) mass is 274 g/mol. The Morgan fingerprint density at radius 3 is 2.39 bits per heavy atom. The van der Waals surface area contributed by atoms with E-state index in [0.29, 0.717) is 24.9 Å². The number of carbonyl (C=O) groups excluding carboxylic acids is 1. The highest BCUT2D eigenvalue weighted by atomic mass is 32.2. The molecule has 0 aromatic heterocycles. The molecule has 5 nitrogen and oxygen atoms in total. The summed E-state index contributed by atoms with van der Waals surface area (Å²) in [6, 6.07) is 0.620. The van der Waals surface area contributed by atoms with Crippen molar-refractivity contribution < 1.29 is 13.2 Å². The maximum atomic E-state index is 12.2. The van der Waals surface area contributed by atoms with Crippen LogP contribution in [0.15, 0.2) is 0 Å². The zero-order chi connectivity index (χ0) is 13.3. The van der Waals surface area contributed by atoms with Crippen molar-refractivity contribution in [3.05, 3.63) is 0 Å². The lowest BCUT2D eigenvalue weighted by Crippen LogP contribution is -2.56. The molecular weight excluding hydrogens is 252 g/mol. The second-order valence-corrected chi connectivity index (χ2v) is 7.97. The predicted octanol–water partition coefficient (Wildman–Crippen LogP) is 0.0200. The first-order chi connectivity index (χ1) is 8.35. The number of piperazine rings is 1. The predicted molar refractivity (Wildman–Crippen MR) is 70.0 cm³/mol. The second kappa shape index (κ2) is 5.17. The van der Waals surface area contributed by atoms with Crippen LogP contribution in [0.5, 0.6) is 0 Å². The van der Waals surface area contributed by atoms with Gasteiger partial charge in [0.1, 0.15) is 0 Å². The van der Waals surface area contributed by atoms with Crippen LogP contribution >= 0.6 is 0 Å². The summed E-state index contributed by atoms with van der Waals surface area (Å²) < 4.78 is 22.7. The maximum Gasteiger partial charge on any atom is 0.222 e. The molecule has 0 bridgehead atoms. The fourth-order valence-electron chi connectivity index (χ4n) is 2.94. The molecule has 3 unspecified atom stereocenters. The Labute approximate surface area is 109 Å². The average Bonchev–Trinajstić information content (AvgIpc) is 2.56. The van der Waals surface area contributed by atoms with Gasteiger partial charge in [-0.2, -0.15) is 0 Å². The molecule has 0 aromatic carbocycles. The molecule has 0 aliphatic carbocycles. The largest absolute Gasteiger partial charge is 0.340 e. The molecule has 0 aromatic rings. The minimum atomic E-state index is -2.88. The third kappa shape index (κ3) is 3.45. The van der Waals surface area contributed by atoms with Crippen LogP contribution in [-0.2, 0) is 14.6 Å². The molecule has 1 amide bonds. The Kier molecular flexibility index (Phi) is 3.96. The van der Waals surface area contributed by atoms with Crippen molar-refractivity contribution in [3.8, 4) is 0 Å². The summed E-state index contributed by atoms with van der Waals surface area (Å²) in [4.78, 5) is 14.0. The molecule has 0 spiro atoms. The van der Waals surface area contributed by atoms with Crippen LogP contribution in [0, 0.1) is 5.92 Å². The van der Waals surface area contributed by atoms with Crippen LogP contribution in [0.25, 0.3) is 0 Å². The van der Waals surface area contributed by atoms with Gasteiger partial charge in [0.25, 0.3) is 0 Å². The van der Waals surface area contributed by atoms with E-state index in [0.717, 1.165) is 13.1 Å². The zero-order valence-electron chi connectivity index (χ0n) is 11.1. The second-order valence-electron chi connectivity index (χ2n) is 5.74. The van der Waals surface area contributed by atoms with Gasteiger partial charge >= 0.3 is 0 Å². The lowest BCUT2D eigenvalue weighted by molar-refractivity contribution is -0.133. The maximum absolute atomic E-state index is 12.2. The lowest BCUT2D eigenvalue weighted by atomic mass is 10.0. The van der Waals surface area contributed by atoms with Crippen molar-refractivity contribution in [1.29, 1.82) is 0 Å². The first-order valence-electron chi connectivity index (χ1n) is 6.60.